The third-order valence-electron chi connectivity index (χ3n) is 4.79. The summed E-state index contributed by atoms with van der Waals surface area (Å²) in [7, 11) is 0. The minimum Gasteiger partial charge on any atom is -0.491 e. The Kier molecular flexibility index (Phi) is 4.44. The second-order valence-corrected chi connectivity index (χ2v) is 7.34. The molecule has 2 aliphatic rings. The summed E-state index contributed by atoms with van der Waals surface area (Å²) < 4.78 is 5.92. The summed E-state index contributed by atoms with van der Waals surface area (Å²) in [4.78, 5) is 14.5. The molecule has 4 rings (SSSR count). The molecule has 0 aromatic heterocycles. The number of nitrogens with one attached hydrogen (secondary N) is 2. The number of hydrogen-bond donors (Lipinski definition) is 2. The molecule has 2 heterocycles. The predicted molar refractivity (Wildman–Crippen MR) is 108 cm³/mol. The van der Waals surface area contributed by atoms with Gasteiger partial charge in [-0.1, -0.05) is 44.2 Å². The number of ketones is 1. The van der Waals surface area contributed by atoms with Crippen LogP contribution in [0.2, 0.25) is 0 Å². The summed E-state index contributed by atoms with van der Waals surface area (Å²) >= 11 is 0. The van der Waals surface area contributed by atoms with E-state index in [0.29, 0.717) is 30.3 Å². The molecule has 5 nitrogen and oxygen atoms in total. The lowest BCUT2D eigenvalue weighted by Crippen LogP contribution is -2.25. The Morgan fingerprint density at radius 1 is 1.15 bits per heavy atom. The molecule has 0 bridgehead atoms. The van der Waals surface area contributed by atoms with Crippen molar-refractivity contribution in [2.45, 2.75) is 20.3 Å². The zero-order chi connectivity index (χ0) is 19.0. The van der Waals surface area contributed by atoms with Gasteiger partial charge in [0.05, 0.1) is 24.4 Å². The van der Waals surface area contributed by atoms with E-state index in [2.05, 4.69) is 19.2 Å². The maximum absolute atomic E-state index is 12.8. The van der Waals surface area contributed by atoms with Gasteiger partial charge in [-0.3, -0.25) is 10.2 Å². The van der Waals surface area contributed by atoms with Crippen molar-refractivity contribution < 1.29 is 9.53 Å². The predicted octanol–water partition coefficient (Wildman–Crippen LogP) is 4.01. The second-order valence-electron chi connectivity index (χ2n) is 7.34. The lowest BCUT2D eigenvalue weighted by Gasteiger charge is -2.21. The maximum atomic E-state index is 12.8. The van der Waals surface area contributed by atoms with Gasteiger partial charge in [0.15, 0.2) is 5.78 Å². The number of nitrogens with zero attached hydrogens (tertiary/aromatic N) is 1. The van der Waals surface area contributed by atoms with E-state index in [1.165, 1.54) is 0 Å². The van der Waals surface area contributed by atoms with Gasteiger partial charge in [-0.2, -0.15) is 0 Å². The molecule has 0 radical (unpaired) electrons. The number of benzene rings is 2. The van der Waals surface area contributed by atoms with Gasteiger partial charge < -0.3 is 15.0 Å². The first kappa shape index (κ1) is 17.3. The van der Waals surface area contributed by atoms with Crippen LogP contribution < -0.4 is 15.0 Å². The van der Waals surface area contributed by atoms with Crippen LogP contribution in [0, 0.1) is 11.3 Å². The Hall–Kier alpha value is -3.08. The highest BCUT2D eigenvalue weighted by atomic mass is 16.5. The summed E-state index contributed by atoms with van der Waals surface area (Å²) in [5, 5.41) is 12.0. The van der Waals surface area contributed by atoms with Crippen molar-refractivity contribution in [1.82, 2.24) is 0 Å². The first-order chi connectivity index (χ1) is 13.0. The second kappa shape index (κ2) is 6.91. The topological polar surface area (TPSA) is 65.4 Å². The van der Waals surface area contributed by atoms with E-state index in [-0.39, 0.29) is 18.2 Å². The standard InChI is InChI=1S/C22H23N3O2/c1-14(2)13-27-20-10-6-5-9-18(20)25-12-19(26)21(22(25)23)17-11-15-7-3-4-8-16(15)24-17/h3-10,14,23-24H,11-13H2,1-2H3. The molecular weight excluding hydrogens is 338 g/mol. The van der Waals surface area contributed by atoms with Crippen molar-refractivity contribution in [1.29, 1.82) is 5.41 Å². The van der Waals surface area contributed by atoms with Gasteiger partial charge >= 0.3 is 0 Å². The van der Waals surface area contributed by atoms with Crippen LogP contribution in [-0.4, -0.2) is 24.8 Å². The minimum atomic E-state index is -0.0334. The Labute approximate surface area is 159 Å². The number of hydrogen-bond acceptors (Lipinski definition) is 4. The maximum Gasteiger partial charge on any atom is 0.188 e. The Balaban J connectivity index is 1.64. The molecule has 0 saturated carbocycles. The van der Waals surface area contributed by atoms with E-state index in [4.69, 9.17) is 10.1 Å². The third-order valence-corrected chi connectivity index (χ3v) is 4.79. The van der Waals surface area contributed by atoms with Gasteiger partial charge in [-0.25, -0.2) is 0 Å². The summed E-state index contributed by atoms with van der Waals surface area (Å²) in [6, 6.07) is 15.6. The van der Waals surface area contributed by atoms with Crippen LogP contribution >= 0.6 is 0 Å². The lowest BCUT2D eigenvalue weighted by atomic mass is 10.1. The molecule has 2 aromatic rings. The van der Waals surface area contributed by atoms with E-state index >= 15 is 0 Å². The molecule has 27 heavy (non-hydrogen) atoms. The summed E-state index contributed by atoms with van der Waals surface area (Å²) in [6.45, 7) is 4.95. The van der Waals surface area contributed by atoms with Gasteiger partial charge in [0.25, 0.3) is 0 Å². The molecule has 138 valence electrons. The summed E-state index contributed by atoms with van der Waals surface area (Å²) in [5.41, 5.74) is 4.22. The van der Waals surface area contributed by atoms with E-state index in [1.807, 2.05) is 48.5 Å². The Morgan fingerprint density at radius 2 is 1.89 bits per heavy atom. The molecule has 0 amide bonds. The number of Topliss-reactive ketones (excluding diaryl/α,β-unsaturated/α-hetero) is 1. The third kappa shape index (κ3) is 3.21. The van der Waals surface area contributed by atoms with Crippen LogP contribution in [0.4, 0.5) is 11.4 Å². The number of fused-ring (bicyclic) bond motifs is 1. The van der Waals surface area contributed by atoms with Crippen LogP contribution in [0.3, 0.4) is 0 Å². The van der Waals surface area contributed by atoms with Crippen molar-refractivity contribution in [3.8, 4) is 5.75 Å². The highest BCUT2D eigenvalue weighted by Gasteiger charge is 2.36. The smallest absolute Gasteiger partial charge is 0.188 e. The molecule has 0 atom stereocenters. The van der Waals surface area contributed by atoms with Crippen molar-refractivity contribution in [3.63, 3.8) is 0 Å². The SMILES string of the molecule is CC(C)COc1ccccc1N1CC(=O)C(=C2Cc3ccccc3N2)C1=N. The number of anilines is 2. The summed E-state index contributed by atoms with van der Waals surface area (Å²) in [6.07, 6.45) is 0.652. The highest BCUT2D eigenvalue weighted by molar-refractivity contribution is 6.33. The number of ether oxygens (including phenoxy) is 1. The Morgan fingerprint density at radius 3 is 2.67 bits per heavy atom. The average molecular weight is 361 g/mol. The van der Waals surface area contributed by atoms with Crippen LogP contribution in [0.5, 0.6) is 5.75 Å². The van der Waals surface area contributed by atoms with E-state index in [9.17, 15) is 4.79 Å². The van der Waals surface area contributed by atoms with Gasteiger partial charge in [0.1, 0.15) is 11.6 Å². The molecule has 1 saturated heterocycles. The number of carbonyl (C=O) groups is 1. The highest BCUT2D eigenvalue weighted by Crippen LogP contribution is 2.36. The normalized spacial score (nSPS) is 18.9. The molecule has 1 fully saturated rings. The van der Waals surface area contributed by atoms with Crippen LogP contribution in [-0.2, 0) is 11.2 Å². The fraction of sp³-hybridized carbons (Fsp3) is 0.273. The van der Waals surface area contributed by atoms with Crippen LogP contribution in [0.1, 0.15) is 19.4 Å². The number of amidine groups is 1. The largest absolute Gasteiger partial charge is 0.491 e. The molecular formula is C22H23N3O2. The van der Waals surface area contributed by atoms with Gasteiger partial charge in [0, 0.05) is 17.8 Å². The number of para-hydroxylation sites is 3. The molecule has 2 aliphatic heterocycles. The average Bonchev–Trinajstić information content (AvgIpc) is 3.20. The van der Waals surface area contributed by atoms with Crippen molar-refractivity contribution >= 4 is 23.0 Å². The molecule has 2 aromatic carbocycles. The minimum absolute atomic E-state index is 0.0334. The zero-order valence-electron chi connectivity index (χ0n) is 15.6. The fourth-order valence-corrected chi connectivity index (χ4v) is 3.49. The molecule has 0 spiro atoms. The summed E-state index contributed by atoms with van der Waals surface area (Å²) in [5.74, 6) is 1.30. The molecule has 2 N–H and O–H groups in total. The fourth-order valence-electron chi connectivity index (χ4n) is 3.49. The zero-order valence-corrected chi connectivity index (χ0v) is 15.6. The van der Waals surface area contributed by atoms with Crippen molar-refractivity contribution in [3.05, 3.63) is 65.4 Å². The lowest BCUT2D eigenvalue weighted by molar-refractivity contribution is -0.113. The molecule has 0 unspecified atom stereocenters. The number of rotatable bonds is 4. The van der Waals surface area contributed by atoms with E-state index in [0.717, 1.165) is 22.6 Å². The van der Waals surface area contributed by atoms with Gasteiger partial charge in [-0.15, -0.1) is 0 Å². The van der Waals surface area contributed by atoms with Crippen molar-refractivity contribution in [2.75, 3.05) is 23.4 Å². The number of allylic oxidation sites excluding steroid dienone is 1. The van der Waals surface area contributed by atoms with Crippen LogP contribution in [0.25, 0.3) is 0 Å². The monoisotopic (exact) mass is 361 g/mol. The molecule has 5 heteroatoms. The Bertz CT molecular complexity index is 919. The van der Waals surface area contributed by atoms with E-state index in [1.54, 1.807) is 4.90 Å². The van der Waals surface area contributed by atoms with Gasteiger partial charge in [0.2, 0.25) is 0 Å². The molecule has 0 aliphatic carbocycles. The quantitative estimate of drug-likeness (QED) is 0.808. The van der Waals surface area contributed by atoms with Crippen LogP contribution in [0.15, 0.2) is 59.8 Å². The first-order valence-corrected chi connectivity index (χ1v) is 9.24. The number of carbonyl (C=O) groups excluding carboxylic acids is 1. The van der Waals surface area contributed by atoms with Crippen molar-refractivity contribution in [2.24, 2.45) is 5.92 Å². The van der Waals surface area contributed by atoms with Gasteiger partial charge in [-0.05, 0) is 29.7 Å². The van der Waals surface area contributed by atoms with E-state index < -0.39 is 0 Å². The first-order valence-electron chi connectivity index (χ1n) is 9.24.